The number of nitrogens with one attached hydrogen (secondary N) is 2. The number of para-hydroxylation sites is 1. The molecule has 0 atom stereocenters. The smallest absolute Gasteiger partial charge is 0.191 e. The fourth-order valence-electron chi connectivity index (χ4n) is 2.98. The zero-order valence-electron chi connectivity index (χ0n) is 15.6. The lowest BCUT2D eigenvalue weighted by Gasteiger charge is -2.11. The molecule has 3 rings (SSSR count). The van der Waals surface area contributed by atoms with Crippen LogP contribution in [0.15, 0.2) is 65.8 Å². The second kappa shape index (κ2) is 9.67. The van der Waals surface area contributed by atoms with Gasteiger partial charge in [0, 0.05) is 31.2 Å². The molecule has 2 aromatic carbocycles. The molecule has 0 aliphatic rings. The summed E-state index contributed by atoms with van der Waals surface area (Å²) in [6, 6.07) is 16.9. The van der Waals surface area contributed by atoms with Crippen molar-refractivity contribution in [3.8, 4) is 0 Å². The molecule has 2 N–H and O–H groups in total. The van der Waals surface area contributed by atoms with Crippen LogP contribution in [0, 0.1) is 5.82 Å². The van der Waals surface area contributed by atoms with Crippen molar-refractivity contribution in [2.45, 2.75) is 19.8 Å². The van der Waals surface area contributed by atoms with E-state index in [-0.39, 0.29) is 5.82 Å². The molecule has 0 fully saturated rings. The first-order valence-corrected chi connectivity index (χ1v) is 9.35. The number of halogens is 1. The number of hydrogen-bond donors (Lipinski definition) is 2. The third-order valence-corrected chi connectivity index (χ3v) is 4.33. The van der Waals surface area contributed by atoms with Crippen LogP contribution in [0.5, 0.6) is 0 Å². The van der Waals surface area contributed by atoms with Gasteiger partial charge in [0.2, 0.25) is 0 Å². The molecule has 1 heterocycles. The van der Waals surface area contributed by atoms with Gasteiger partial charge in [-0.25, -0.2) is 4.39 Å². The first kappa shape index (κ1) is 18.8. The van der Waals surface area contributed by atoms with Crippen LogP contribution in [0.4, 0.5) is 4.39 Å². The van der Waals surface area contributed by atoms with Gasteiger partial charge in [-0.1, -0.05) is 36.4 Å². The molecule has 0 spiro atoms. The highest BCUT2D eigenvalue weighted by atomic mass is 19.1. The molecule has 4 nitrogen and oxygen atoms in total. The van der Waals surface area contributed by atoms with E-state index in [0.29, 0.717) is 6.54 Å². The second-order valence-corrected chi connectivity index (χ2v) is 6.31. The number of benzene rings is 2. The number of hydrogen-bond acceptors (Lipinski definition) is 2. The van der Waals surface area contributed by atoms with Gasteiger partial charge in [-0.05, 0) is 49.1 Å². The average molecular weight is 364 g/mol. The summed E-state index contributed by atoms with van der Waals surface area (Å²) in [4.78, 5) is 9.17. The van der Waals surface area contributed by atoms with Gasteiger partial charge in [-0.3, -0.25) is 9.98 Å². The SMILES string of the molecule is CCNC(=NCCc1cccc2cccnc12)NCCc1ccc(F)cc1. The van der Waals surface area contributed by atoms with Crippen molar-refractivity contribution in [3.05, 3.63) is 77.7 Å². The Balaban J connectivity index is 1.56. The van der Waals surface area contributed by atoms with E-state index in [9.17, 15) is 4.39 Å². The molecule has 0 aliphatic heterocycles. The summed E-state index contributed by atoms with van der Waals surface area (Å²) in [6.45, 7) is 4.28. The van der Waals surface area contributed by atoms with E-state index in [0.717, 1.165) is 48.4 Å². The lowest BCUT2D eigenvalue weighted by molar-refractivity contribution is 0.626. The first-order chi connectivity index (χ1) is 13.3. The first-order valence-electron chi connectivity index (χ1n) is 9.35. The molecule has 0 unspecified atom stereocenters. The number of fused-ring (bicyclic) bond motifs is 1. The number of aromatic nitrogens is 1. The van der Waals surface area contributed by atoms with Crippen LogP contribution in [0.25, 0.3) is 10.9 Å². The number of pyridine rings is 1. The van der Waals surface area contributed by atoms with Gasteiger partial charge in [-0.15, -0.1) is 0 Å². The van der Waals surface area contributed by atoms with Gasteiger partial charge in [0.05, 0.1) is 5.52 Å². The molecule has 0 aliphatic carbocycles. The van der Waals surface area contributed by atoms with E-state index < -0.39 is 0 Å². The Labute approximate surface area is 159 Å². The van der Waals surface area contributed by atoms with Crippen LogP contribution < -0.4 is 10.6 Å². The van der Waals surface area contributed by atoms with E-state index in [1.54, 1.807) is 0 Å². The van der Waals surface area contributed by atoms with Crippen molar-refractivity contribution in [3.63, 3.8) is 0 Å². The predicted octanol–water partition coefficient (Wildman–Crippen LogP) is 3.71. The molecule has 0 saturated heterocycles. The molecule has 27 heavy (non-hydrogen) atoms. The maximum Gasteiger partial charge on any atom is 0.191 e. The summed E-state index contributed by atoms with van der Waals surface area (Å²) >= 11 is 0. The maximum absolute atomic E-state index is 13.0. The molecule has 0 bridgehead atoms. The lowest BCUT2D eigenvalue weighted by atomic mass is 10.1. The zero-order valence-corrected chi connectivity index (χ0v) is 15.6. The molecule has 5 heteroatoms. The van der Waals surface area contributed by atoms with Crippen molar-refractivity contribution in [2.24, 2.45) is 4.99 Å². The number of guanidine groups is 1. The Morgan fingerprint density at radius 3 is 2.63 bits per heavy atom. The predicted molar refractivity (Wildman–Crippen MR) is 110 cm³/mol. The molecule has 0 radical (unpaired) electrons. The quantitative estimate of drug-likeness (QED) is 0.496. The van der Waals surface area contributed by atoms with Crippen LogP contribution in [-0.4, -0.2) is 30.6 Å². The van der Waals surface area contributed by atoms with Gasteiger partial charge >= 0.3 is 0 Å². The van der Waals surface area contributed by atoms with Crippen LogP contribution in [0.2, 0.25) is 0 Å². The normalized spacial score (nSPS) is 11.6. The molecule has 1 aromatic heterocycles. The highest BCUT2D eigenvalue weighted by molar-refractivity contribution is 5.82. The minimum atomic E-state index is -0.204. The number of aliphatic imine (C=N–C) groups is 1. The fourth-order valence-corrected chi connectivity index (χ4v) is 2.98. The van der Waals surface area contributed by atoms with Gasteiger partial charge in [0.1, 0.15) is 5.82 Å². The Kier molecular flexibility index (Phi) is 6.74. The van der Waals surface area contributed by atoms with E-state index in [2.05, 4.69) is 44.9 Å². The fraction of sp³-hybridized carbons (Fsp3) is 0.273. The molecule has 3 aromatic rings. The minimum Gasteiger partial charge on any atom is -0.357 e. The van der Waals surface area contributed by atoms with E-state index >= 15 is 0 Å². The molecular weight excluding hydrogens is 339 g/mol. The Morgan fingerprint density at radius 1 is 1.00 bits per heavy atom. The highest BCUT2D eigenvalue weighted by Crippen LogP contribution is 2.16. The summed E-state index contributed by atoms with van der Waals surface area (Å²) in [6.07, 6.45) is 3.48. The van der Waals surface area contributed by atoms with Crippen LogP contribution in [0.1, 0.15) is 18.1 Å². The van der Waals surface area contributed by atoms with Crippen molar-refractivity contribution >= 4 is 16.9 Å². The van der Waals surface area contributed by atoms with E-state index in [1.165, 1.54) is 17.7 Å². The summed E-state index contributed by atoms with van der Waals surface area (Å²) < 4.78 is 13.0. The van der Waals surface area contributed by atoms with Gasteiger partial charge in [0.15, 0.2) is 5.96 Å². The lowest BCUT2D eigenvalue weighted by Crippen LogP contribution is -2.38. The number of nitrogens with zero attached hydrogens (tertiary/aromatic N) is 2. The molecule has 0 amide bonds. The minimum absolute atomic E-state index is 0.204. The topological polar surface area (TPSA) is 49.3 Å². The Morgan fingerprint density at radius 2 is 1.81 bits per heavy atom. The molecule has 0 saturated carbocycles. The maximum atomic E-state index is 13.0. The summed E-state index contributed by atoms with van der Waals surface area (Å²) in [5.74, 6) is 0.595. The van der Waals surface area contributed by atoms with Crippen LogP contribution in [0.3, 0.4) is 0 Å². The van der Waals surface area contributed by atoms with E-state index in [4.69, 9.17) is 0 Å². The summed E-state index contributed by atoms with van der Waals surface area (Å²) in [7, 11) is 0. The monoisotopic (exact) mass is 364 g/mol. The van der Waals surface area contributed by atoms with Crippen LogP contribution in [-0.2, 0) is 12.8 Å². The second-order valence-electron chi connectivity index (χ2n) is 6.31. The van der Waals surface area contributed by atoms with E-state index in [1.807, 2.05) is 31.3 Å². The molecular formula is C22H25FN4. The summed E-state index contributed by atoms with van der Waals surface area (Å²) in [5, 5.41) is 7.76. The van der Waals surface area contributed by atoms with Crippen molar-refractivity contribution in [1.29, 1.82) is 0 Å². The van der Waals surface area contributed by atoms with Crippen molar-refractivity contribution in [2.75, 3.05) is 19.6 Å². The average Bonchev–Trinajstić information content (AvgIpc) is 2.70. The number of rotatable bonds is 7. The Hall–Kier alpha value is -2.95. The summed E-state index contributed by atoms with van der Waals surface area (Å²) in [5.41, 5.74) is 3.35. The molecule has 140 valence electrons. The third-order valence-electron chi connectivity index (χ3n) is 4.33. The highest BCUT2D eigenvalue weighted by Gasteiger charge is 2.02. The largest absolute Gasteiger partial charge is 0.357 e. The van der Waals surface area contributed by atoms with Gasteiger partial charge in [-0.2, -0.15) is 0 Å². The van der Waals surface area contributed by atoms with Gasteiger partial charge in [0.25, 0.3) is 0 Å². The van der Waals surface area contributed by atoms with Crippen molar-refractivity contribution < 1.29 is 4.39 Å². The standard InChI is InChI=1S/C22H25FN4/c1-2-24-22(26-15-12-17-8-10-20(23)11-9-17)27-16-13-19-6-3-5-18-7-4-14-25-21(18)19/h3-11,14H,2,12-13,15-16H2,1H3,(H2,24,26,27). The van der Waals surface area contributed by atoms with Gasteiger partial charge < -0.3 is 10.6 Å². The third kappa shape index (κ3) is 5.51. The van der Waals surface area contributed by atoms with Crippen molar-refractivity contribution in [1.82, 2.24) is 15.6 Å². The van der Waals surface area contributed by atoms with Crippen LogP contribution >= 0.6 is 0 Å². The Bertz CT molecular complexity index is 885. The zero-order chi connectivity index (χ0) is 18.9.